The van der Waals surface area contributed by atoms with E-state index in [9.17, 15) is 0 Å². The summed E-state index contributed by atoms with van der Waals surface area (Å²) in [5.41, 5.74) is 1.26. The van der Waals surface area contributed by atoms with E-state index in [-0.39, 0.29) is 0 Å². The summed E-state index contributed by atoms with van der Waals surface area (Å²) in [4.78, 5) is 4.51. The average molecular weight is 209 g/mol. The number of ether oxygens (including phenoxy) is 2. The highest BCUT2D eigenvalue weighted by Gasteiger charge is 2.12. The number of fused-ring (bicyclic) bond motifs is 1. The van der Waals surface area contributed by atoms with Gasteiger partial charge < -0.3 is 14.3 Å². The lowest BCUT2D eigenvalue weighted by Gasteiger charge is -2.02. The van der Waals surface area contributed by atoms with E-state index in [0.29, 0.717) is 13.4 Å². The second kappa shape index (κ2) is 5.00. The number of unbranched alkanes of at least 4 members (excludes halogenated alkanes) is 1. The Morgan fingerprint density at radius 3 is 2.93 bits per heavy atom. The molecule has 2 rings (SSSR count). The maximum Gasteiger partial charge on any atom is 0.231 e. The van der Waals surface area contributed by atoms with Crippen molar-refractivity contribution in [2.24, 2.45) is 5.90 Å². The van der Waals surface area contributed by atoms with Crippen LogP contribution in [0.3, 0.4) is 0 Å². The summed E-state index contributed by atoms with van der Waals surface area (Å²) in [6.45, 7) is 0.949. The number of aryl methyl sites for hydroxylation is 1. The van der Waals surface area contributed by atoms with Crippen LogP contribution in [-0.4, -0.2) is 13.4 Å². The standard InChI is InChI=1S/C11H15NO3/c12-15-6-2-1-3-9-4-5-10-11(7-9)14-8-13-10/h4-5,7H,1-3,6,8,12H2. The quantitative estimate of drug-likeness (QED) is 0.591. The Morgan fingerprint density at radius 2 is 2.07 bits per heavy atom. The number of rotatable bonds is 5. The van der Waals surface area contributed by atoms with Crippen LogP contribution >= 0.6 is 0 Å². The second-order valence-electron chi connectivity index (χ2n) is 3.52. The van der Waals surface area contributed by atoms with Crippen molar-refractivity contribution >= 4 is 0 Å². The zero-order valence-corrected chi connectivity index (χ0v) is 8.57. The molecule has 1 aliphatic rings. The number of nitrogens with two attached hydrogens (primary N) is 1. The molecule has 15 heavy (non-hydrogen) atoms. The lowest BCUT2D eigenvalue weighted by molar-refractivity contribution is 0.134. The van der Waals surface area contributed by atoms with Crippen LogP contribution in [0.25, 0.3) is 0 Å². The minimum Gasteiger partial charge on any atom is -0.454 e. The fourth-order valence-electron chi connectivity index (χ4n) is 1.61. The molecule has 4 heteroatoms. The second-order valence-corrected chi connectivity index (χ2v) is 3.52. The van der Waals surface area contributed by atoms with E-state index in [0.717, 1.165) is 30.8 Å². The Hall–Kier alpha value is -1.26. The molecular weight excluding hydrogens is 194 g/mol. The highest BCUT2D eigenvalue weighted by atomic mass is 16.7. The smallest absolute Gasteiger partial charge is 0.231 e. The summed E-state index contributed by atoms with van der Waals surface area (Å²) in [6, 6.07) is 6.06. The van der Waals surface area contributed by atoms with E-state index in [2.05, 4.69) is 10.9 Å². The van der Waals surface area contributed by atoms with Gasteiger partial charge in [-0.25, -0.2) is 5.90 Å². The topological polar surface area (TPSA) is 53.7 Å². The van der Waals surface area contributed by atoms with Gasteiger partial charge in [0.2, 0.25) is 6.79 Å². The van der Waals surface area contributed by atoms with E-state index >= 15 is 0 Å². The molecule has 0 unspecified atom stereocenters. The Balaban J connectivity index is 1.87. The minimum absolute atomic E-state index is 0.333. The number of hydrogen-bond donors (Lipinski definition) is 1. The maximum absolute atomic E-state index is 5.30. The van der Waals surface area contributed by atoms with E-state index in [4.69, 9.17) is 15.4 Å². The molecule has 1 aliphatic heterocycles. The number of hydrogen-bond acceptors (Lipinski definition) is 4. The molecule has 4 nitrogen and oxygen atoms in total. The normalized spacial score (nSPS) is 13.1. The summed E-state index contributed by atoms with van der Waals surface area (Å²) >= 11 is 0. The largest absolute Gasteiger partial charge is 0.454 e. The third kappa shape index (κ3) is 2.61. The van der Waals surface area contributed by atoms with E-state index in [1.54, 1.807) is 0 Å². The van der Waals surface area contributed by atoms with Gasteiger partial charge in [-0.05, 0) is 37.0 Å². The predicted octanol–water partition coefficient (Wildman–Crippen LogP) is 1.63. The van der Waals surface area contributed by atoms with Crippen molar-refractivity contribution in [3.63, 3.8) is 0 Å². The molecule has 1 aromatic carbocycles. The van der Waals surface area contributed by atoms with E-state index in [1.807, 2.05) is 12.1 Å². The van der Waals surface area contributed by atoms with Gasteiger partial charge in [-0.3, -0.25) is 0 Å². The molecule has 0 amide bonds. The van der Waals surface area contributed by atoms with Gasteiger partial charge in [0.15, 0.2) is 11.5 Å². The van der Waals surface area contributed by atoms with Crippen LogP contribution in [0.2, 0.25) is 0 Å². The van der Waals surface area contributed by atoms with Crippen molar-refractivity contribution in [3.8, 4) is 11.5 Å². The van der Waals surface area contributed by atoms with Crippen LogP contribution < -0.4 is 15.4 Å². The monoisotopic (exact) mass is 209 g/mol. The van der Waals surface area contributed by atoms with Crippen LogP contribution in [-0.2, 0) is 11.3 Å². The molecule has 0 bridgehead atoms. The van der Waals surface area contributed by atoms with Gasteiger partial charge in [0, 0.05) is 0 Å². The van der Waals surface area contributed by atoms with Gasteiger partial charge in [-0.15, -0.1) is 0 Å². The molecule has 0 aliphatic carbocycles. The fourth-order valence-corrected chi connectivity index (χ4v) is 1.61. The zero-order chi connectivity index (χ0) is 10.5. The molecule has 0 aromatic heterocycles. The van der Waals surface area contributed by atoms with Crippen LogP contribution in [0.4, 0.5) is 0 Å². The van der Waals surface area contributed by atoms with Crippen molar-refractivity contribution in [1.82, 2.24) is 0 Å². The Kier molecular flexibility index (Phi) is 3.42. The highest BCUT2D eigenvalue weighted by molar-refractivity contribution is 5.44. The van der Waals surface area contributed by atoms with Crippen molar-refractivity contribution < 1.29 is 14.3 Å². The first kappa shape index (κ1) is 10.3. The first-order chi connectivity index (χ1) is 7.40. The molecule has 2 N–H and O–H groups in total. The molecule has 82 valence electrons. The highest BCUT2D eigenvalue weighted by Crippen LogP contribution is 2.32. The molecule has 1 heterocycles. The SMILES string of the molecule is NOCCCCc1ccc2c(c1)OCO2. The predicted molar refractivity (Wildman–Crippen MR) is 55.6 cm³/mol. The maximum atomic E-state index is 5.30. The van der Waals surface area contributed by atoms with Gasteiger partial charge >= 0.3 is 0 Å². The summed E-state index contributed by atoms with van der Waals surface area (Å²) in [5.74, 6) is 6.63. The molecule has 0 spiro atoms. The van der Waals surface area contributed by atoms with Crippen LogP contribution in [0, 0.1) is 0 Å². The lowest BCUT2D eigenvalue weighted by Crippen LogP contribution is -2.00. The van der Waals surface area contributed by atoms with Gasteiger partial charge in [-0.1, -0.05) is 6.07 Å². The summed E-state index contributed by atoms with van der Waals surface area (Å²) in [7, 11) is 0. The summed E-state index contributed by atoms with van der Waals surface area (Å²) in [5, 5.41) is 0. The van der Waals surface area contributed by atoms with Crippen molar-refractivity contribution in [2.45, 2.75) is 19.3 Å². The van der Waals surface area contributed by atoms with Crippen molar-refractivity contribution in [2.75, 3.05) is 13.4 Å². The Bertz CT molecular complexity index is 328. The molecule has 0 atom stereocenters. The van der Waals surface area contributed by atoms with E-state index < -0.39 is 0 Å². The fraction of sp³-hybridized carbons (Fsp3) is 0.455. The third-order valence-electron chi connectivity index (χ3n) is 2.41. The van der Waals surface area contributed by atoms with Gasteiger partial charge in [0.1, 0.15) is 0 Å². The first-order valence-corrected chi connectivity index (χ1v) is 5.10. The van der Waals surface area contributed by atoms with Crippen LogP contribution in [0.15, 0.2) is 18.2 Å². The molecule has 1 aromatic rings. The summed E-state index contributed by atoms with van der Waals surface area (Å²) in [6.07, 6.45) is 3.06. The Labute approximate surface area is 88.9 Å². The first-order valence-electron chi connectivity index (χ1n) is 5.10. The van der Waals surface area contributed by atoms with Crippen LogP contribution in [0.1, 0.15) is 18.4 Å². The zero-order valence-electron chi connectivity index (χ0n) is 8.57. The molecular formula is C11H15NO3. The third-order valence-corrected chi connectivity index (χ3v) is 2.41. The molecule has 0 saturated carbocycles. The minimum atomic E-state index is 0.333. The lowest BCUT2D eigenvalue weighted by atomic mass is 10.1. The molecule has 0 fully saturated rings. The summed E-state index contributed by atoms with van der Waals surface area (Å²) < 4.78 is 10.5. The van der Waals surface area contributed by atoms with Gasteiger partial charge in [-0.2, -0.15) is 0 Å². The molecule has 0 radical (unpaired) electrons. The molecule has 0 saturated heterocycles. The van der Waals surface area contributed by atoms with E-state index in [1.165, 1.54) is 5.56 Å². The van der Waals surface area contributed by atoms with Crippen molar-refractivity contribution in [1.29, 1.82) is 0 Å². The Morgan fingerprint density at radius 1 is 1.20 bits per heavy atom. The number of benzene rings is 1. The van der Waals surface area contributed by atoms with Crippen LogP contribution in [0.5, 0.6) is 11.5 Å². The van der Waals surface area contributed by atoms with Gasteiger partial charge in [0.25, 0.3) is 0 Å². The van der Waals surface area contributed by atoms with Gasteiger partial charge in [0.05, 0.1) is 6.61 Å². The van der Waals surface area contributed by atoms with Crippen molar-refractivity contribution in [3.05, 3.63) is 23.8 Å². The average Bonchev–Trinajstić information content (AvgIpc) is 2.71.